The minimum absolute atomic E-state index is 0. The van der Waals surface area contributed by atoms with Gasteiger partial charge in [-0.25, -0.2) is 0 Å². The Morgan fingerprint density at radius 2 is 1.00 bits per heavy atom. The molecule has 9 nitrogen and oxygen atoms in total. The van der Waals surface area contributed by atoms with E-state index in [4.69, 9.17) is 33.2 Å². The van der Waals surface area contributed by atoms with E-state index in [1.807, 2.05) is 0 Å². The van der Waals surface area contributed by atoms with Gasteiger partial charge in [0.05, 0.1) is 0 Å². The molecule has 0 rings (SSSR count). The molecule has 12 heavy (non-hydrogen) atoms. The third-order valence-corrected chi connectivity index (χ3v) is 0. The molecule has 0 bridgehead atoms. The predicted molar refractivity (Wildman–Crippen MR) is 23.5 cm³/mol. The van der Waals surface area contributed by atoms with Crippen LogP contribution < -0.4 is 6.15 Å². The average Bonchev–Trinajstić information content (AvgIpc) is 1.12. The molecule has 12 heteroatoms. The van der Waals surface area contributed by atoms with Crippen molar-refractivity contribution >= 4 is 10.4 Å². The van der Waals surface area contributed by atoms with Crippen molar-refractivity contribution in [1.82, 2.24) is 6.15 Å². The van der Waals surface area contributed by atoms with E-state index in [1.54, 1.807) is 0 Å². The Balaban J connectivity index is -0.0000000457. The monoisotopic (exact) mass is 342 g/mol. The van der Waals surface area contributed by atoms with Gasteiger partial charge in [-0.15, -0.1) is 0 Å². The molecule has 0 heterocycles. The van der Waals surface area contributed by atoms with Gasteiger partial charge in [0, 0.05) is 22.4 Å². The van der Waals surface area contributed by atoms with Gasteiger partial charge in [-0.1, -0.05) is 0 Å². The van der Waals surface area contributed by atoms with Gasteiger partial charge in [0.1, 0.15) is 0 Å². The molecule has 0 amide bonds. The molecule has 6 N–H and O–H groups in total. The normalized spacial score (nSPS) is 9.58. The van der Waals surface area contributed by atoms with Crippen molar-refractivity contribution in [2.45, 2.75) is 0 Å². The van der Waals surface area contributed by atoms with Crippen LogP contribution >= 0.6 is 0 Å². The number of rotatable bonds is 0. The summed E-state index contributed by atoms with van der Waals surface area (Å²) in [4.78, 5) is 0. The molecule has 0 spiro atoms. The quantitative estimate of drug-likeness (QED) is 0.303. The first-order chi connectivity index (χ1) is 4.00. The summed E-state index contributed by atoms with van der Waals surface area (Å²) < 4.78 is 64.6. The van der Waals surface area contributed by atoms with Crippen LogP contribution in [0.5, 0.6) is 0 Å². The van der Waals surface area contributed by atoms with Crippen LogP contribution in [-0.4, -0.2) is 21.7 Å². The van der Waals surface area contributed by atoms with E-state index >= 15 is 0 Å². The van der Waals surface area contributed by atoms with E-state index < -0.39 is 23.4 Å². The van der Waals surface area contributed by atoms with Crippen molar-refractivity contribution < 1.29 is 68.6 Å². The summed E-state index contributed by atoms with van der Waals surface area (Å²) in [6, 6.07) is 0. The van der Waals surface area contributed by atoms with Crippen molar-refractivity contribution in [3.8, 4) is 0 Å². The maximum atomic E-state index is 8.74. The molecule has 0 fully saturated rings. The van der Waals surface area contributed by atoms with Crippen LogP contribution in [0, 0.1) is 0 Å². The molecule has 0 aliphatic heterocycles. The molecule has 0 aliphatic carbocycles. The van der Waals surface area contributed by atoms with Gasteiger partial charge in [-0.05, 0) is 0 Å². The summed E-state index contributed by atoms with van der Waals surface area (Å²) in [6.07, 6.45) is 0. The molecule has 1 radical (unpaired) electrons. The third-order valence-electron chi connectivity index (χ3n) is 0. The van der Waals surface area contributed by atoms with E-state index in [-0.39, 0.29) is 28.5 Å². The van der Waals surface area contributed by atoms with Crippen LogP contribution in [0.15, 0.2) is 0 Å². The second-order valence-corrected chi connectivity index (χ2v) is 2.98. The predicted octanol–water partition coefficient (Wildman–Crippen LogP) is -1.41. The first-order valence-electron chi connectivity index (χ1n) is 1.33. The van der Waals surface area contributed by atoms with E-state index in [0.29, 0.717) is 0 Å². The van der Waals surface area contributed by atoms with Crippen LogP contribution in [0.1, 0.15) is 0 Å². The SMILES string of the molecule is N.O=S(=O)(O)O.[Ag].[O]=[Mn](=[O])(=[O])[OH]. The molecule has 0 saturated heterocycles. The summed E-state index contributed by atoms with van der Waals surface area (Å²) in [5.41, 5.74) is 0. The summed E-state index contributed by atoms with van der Waals surface area (Å²) in [7, 11) is -4.67. The van der Waals surface area contributed by atoms with E-state index in [0.717, 1.165) is 0 Å². The molecule has 0 saturated carbocycles. The number of hydrogen-bond donors (Lipinski definition) is 4. The van der Waals surface area contributed by atoms with Gasteiger partial charge in [0.2, 0.25) is 0 Å². The van der Waals surface area contributed by atoms with Crippen molar-refractivity contribution in [1.29, 1.82) is 0 Å². The minimum atomic E-state index is -5.38. The second-order valence-electron chi connectivity index (χ2n) is 0.844. The molecule has 0 aromatic carbocycles. The Morgan fingerprint density at radius 1 is 1.00 bits per heavy atom. The van der Waals surface area contributed by atoms with Crippen molar-refractivity contribution in [2.24, 2.45) is 0 Å². The van der Waals surface area contributed by atoms with Crippen molar-refractivity contribution in [2.75, 3.05) is 0 Å². The van der Waals surface area contributed by atoms with Gasteiger partial charge in [-0.2, -0.15) is 8.42 Å². The van der Waals surface area contributed by atoms with Gasteiger partial charge < -0.3 is 6.15 Å². The van der Waals surface area contributed by atoms with Crippen molar-refractivity contribution in [3.63, 3.8) is 0 Å². The first-order valence-corrected chi connectivity index (χ1v) is 4.70. The summed E-state index contributed by atoms with van der Waals surface area (Å²) >= 11 is -5.38. The third kappa shape index (κ3) is 4610. The van der Waals surface area contributed by atoms with Gasteiger partial charge in [0.25, 0.3) is 0 Å². The molecule has 0 aromatic rings. The Hall–Kier alpha value is 0.450. The Labute approximate surface area is 85.0 Å². The van der Waals surface area contributed by atoms with E-state index in [9.17, 15) is 0 Å². The van der Waals surface area contributed by atoms with Crippen LogP contribution in [0.3, 0.4) is 0 Å². The molecule has 0 aliphatic rings. The summed E-state index contributed by atoms with van der Waals surface area (Å²) in [6.45, 7) is 0. The summed E-state index contributed by atoms with van der Waals surface area (Å²) in [5, 5.41) is 0. The Kier molecular flexibility index (Phi) is 15.4. The second kappa shape index (κ2) is 8.07. The van der Waals surface area contributed by atoms with Crippen molar-refractivity contribution in [3.05, 3.63) is 0 Å². The molecule has 0 aromatic heterocycles. The van der Waals surface area contributed by atoms with Gasteiger partial charge in [-0.3, -0.25) is 9.11 Å². The summed E-state index contributed by atoms with van der Waals surface area (Å²) in [5.74, 6) is 0. The molecule has 0 unspecified atom stereocenters. The molecular formula is H6AgMnNO8S. The van der Waals surface area contributed by atoms with Crippen LogP contribution in [-0.2, 0) is 57.3 Å². The molecular weight excluding hydrogens is 337 g/mol. The standard InChI is InChI=1S/Ag.Mn.H3N.H2O4S.H2O.3O/c;;;1-5(2,3)4;;;;/h;;1H3;(H2,1,2,3,4);1H2;;;/q;+1;;;;;;/p-1. The topological polar surface area (TPSA) is 181 Å². The Bertz CT molecular complexity index is 294. The Morgan fingerprint density at radius 3 is 1.00 bits per heavy atom. The molecule has 83 valence electrons. The van der Waals surface area contributed by atoms with E-state index in [1.165, 1.54) is 0 Å². The fourth-order valence-electron chi connectivity index (χ4n) is 0. The van der Waals surface area contributed by atoms with Crippen LogP contribution in [0.4, 0.5) is 0 Å². The maximum absolute atomic E-state index is 8.74. The average molecular weight is 343 g/mol. The number of hydrogen-bond acceptors (Lipinski definition) is 6. The van der Waals surface area contributed by atoms with Crippen LogP contribution in [0.2, 0.25) is 0 Å². The first kappa shape index (κ1) is 22.9. The zero-order valence-electron chi connectivity index (χ0n) is 5.18. The zero-order chi connectivity index (χ0) is 9.00. The van der Waals surface area contributed by atoms with Gasteiger partial charge in [0.15, 0.2) is 0 Å². The van der Waals surface area contributed by atoms with E-state index in [2.05, 4.69) is 0 Å². The zero-order valence-corrected chi connectivity index (χ0v) is 8.66. The van der Waals surface area contributed by atoms with Gasteiger partial charge >= 0.3 is 39.1 Å². The molecule has 0 atom stereocenters. The fraction of sp³-hybridized carbons (Fsp3) is 0. The fourth-order valence-corrected chi connectivity index (χ4v) is 0. The van der Waals surface area contributed by atoms with Crippen LogP contribution in [0.25, 0.3) is 0 Å².